The third kappa shape index (κ3) is 5.88. The predicted molar refractivity (Wildman–Crippen MR) is 91.3 cm³/mol. The molecule has 1 unspecified atom stereocenters. The van der Waals surface area contributed by atoms with Gasteiger partial charge in [-0.3, -0.25) is 14.9 Å². The smallest absolute Gasteiger partial charge is 0.309 e. The van der Waals surface area contributed by atoms with Crippen LogP contribution in [0.25, 0.3) is 0 Å². The summed E-state index contributed by atoms with van der Waals surface area (Å²) in [5.41, 5.74) is 0.391. The number of nitrogens with zero attached hydrogens (tertiary/aromatic N) is 1. The summed E-state index contributed by atoms with van der Waals surface area (Å²) in [6.45, 7) is 0. The lowest BCUT2D eigenvalue weighted by Gasteiger charge is -2.11. The van der Waals surface area contributed by atoms with Gasteiger partial charge in [-0.05, 0) is 24.3 Å². The predicted octanol–water partition coefficient (Wildman–Crippen LogP) is 2.07. The van der Waals surface area contributed by atoms with Gasteiger partial charge in [0, 0.05) is 17.0 Å². The highest BCUT2D eigenvalue weighted by molar-refractivity contribution is 7.87. The maximum Gasteiger partial charge on any atom is 0.309 e. The minimum absolute atomic E-state index is 0.105. The van der Waals surface area contributed by atoms with Gasteiger partial charge in [-0.15, -0.1) is 0 Å². The molecule has 0 fully saturated rings. The molecule has 2 rings (SSSR count). The van der Waals surface area contributed by atoms with Crippen molar-refractivity contribution in [2.24, 2.45) is 0 Å². The summed E-state index contributed by atoms with van der Waals surface area (Å²) >= 11 is 0. The number of hydrogen-bond donors (Lipinski definition) is 1. The Kier molecular flexibility index (Phi) is 6.07. The molecular weight excluding hydrogens is 348 g/mol. The number of amides is 1. The fourth-order valence-electron chi connectivity index (χ4n) is 2.00. The minimum Gasteiger partial charge on any atom is -0.382 e. The number of carbonyl (C=O) groups excluding carboxylic acids is 1. The van der Waals surface area contributed by atoms with Gasteiger partial charge >= 0.3 is 10.1 Å². The summed E-state index contributed by atoms with van der Waals surface area (Å²) in [7, 11) is -4.05. The van der Waals surface area contributed by atoms with E-state index in [1.54, 1.807) is 48.5 Å². The van der Waals surface area contributed by atoms with Crippen LogP contribution in [0.5, 0.6) is 5.75 Å². The molecule has 25 heavy (non-hydrogen) atoms. The molecule has 2 aromatic rings. The molecule has 0 radical (unpaired) electrons. The second-order valence-corrected chi connectivity index (χ2v) is 6.79. The topological polar surface area (TPSA) is 116 Å². The van der Waals surface area contributed by atoms with Crippen LogP contribution in [0.2, 0.25) is 0 Å². The zero-order valence-corrected chi connectivity index (χ0v) is 13.9. The standard InChI is InChI=1S/C16H16N2O6S/c19-16(17-13-7-3-1-4-8-13)15(18(20)21)11-12-25(22,23)24-14-9-5-2-6-10-14/h1-10,15H,11-12H2,(H,17,19). The van der Waals surface area contributed by atoms with Gasteiger partial charge in [0.2, 0.25) is 0 Å². The first-order valence-electron chi connectivity index (χ1n) is 7.34. The molecule has 0 saturated carbocycles. The zero-order valence-electron chi connectivity index (χ0n) is 13.1. The maximum atomic E-state index is 12.0. The molecule has 0 heterocycles. The van der Waals surface area contributed by atoms with Crippen LogP contribution in [0.3, 0.4) is 0 Å². The highest BCUT2D eigenvalue weighted by atomic mass is 32.2. The molecule has 0 aliphatic rings. The van der Waals surface area contributed by atoms with E-state index in [1.165, 1.54) is 12.1 Å². The summed E-state index contributed by atoms with van der Waals surface area (Å²) in [5, 5.41) is 13.5. The molecule has 0 aliphatic carbocycles. The number of nitro groups is 1. The van der Waals surface area contributed by atoms with Crippen LogP contribution in [0.4, 0.5) is 5.69 Å². The largest absolute Gasteiger partial charge is 0.382 e. The molecule has 0 spiro atoms. The van der Waals surface area contributed by atoms with Crippen molar-refractivity contribution in [3.63, 3.8) is 0 Å². The Morgan fingerprint density at radius 3 is 2.20 bits per heavy atom. The Morgan fingerprint density at radius 1 is 1.08 bits per heavy atom. The van der Waals surface area contributed by atoms with Gasteiger partial charge in [-0.2, -0.15) is 8.42 Å². The average molecular weight is 364 g/mol. The number of carbonyl (C=O) groups is 1. The minimum atomic E-state index is -4.05. The quantitative estimate of drug-likeness (QED) is 0.435. The van der Waals surface area contributed by atoms with E-state index in [4.69, 9.17) is 4.18 Å². The maximum absolute atomic E-state index is 12.0. The summed E-state index contributed by atoms with van der Waals surface area (Å²) in [5.74, 6) is -1.43. The van der Waals surface area contributed by atoms with Crippen LogP contribution >= 0.6 is 0 Å². The van der Waals surface area contributed by atoms with Crippen molar-refractivity contribution in [1.82, 2.24) is 0 Å². The molecule has 132 valence electrons. The summed E-state index contributed by atoms with van der Waals surface area (Å²) in [4.78, 5) is 22.3. The Labute approximate surface area is 144 Å². The molecule has 0 saturated heterocycles. The third-order valence-electron chi connectivity index (χ3n) is 3.21. The van der Waals surface area contributed by atoms with E-state index >= 15 is 0 Å². The van der Waals surface area contributed by atoms with E-state index in [1.807, 2.05) is 0 Å². The molecule has 1 amide bonds. The van der Waals surface area contributed by atoms with Crippen LogP contribution in [-0.4, -0.2) is 31.0 Å². The van der Waals surface area contributed by atoms with Crippen molar-refractivity contribution in [2.45, 2.75) is 12.5 Å². The van der Waals surface area contributed by atoms with Crippen LogP contribution in [0, 0.1) is 10.1 Å². The fraction of sp³-hybridized carbons (Fsp3) is 0.188. The van der Waals surface area contributed by atoms with Gasteiger partial charge in [-0.25, -0.2) is 0 Å². The number of benzene rings is 2. The van der Waals surface area contributed by atoms with Crippen LogP contribution in [-0.2, 0) is 14.9 Å². The normalized spacial score (nSPS) is 12.2. The van der Waals surface area contributed by atoms with E-state index in [9.17, 15) is 23.3 Å². The van der Waals surface area contributed by atoms with E-state index in [2.05, 4.69) is 5.32 Å². The molecule has 2 aromatic carbocycles. The van der Waals surface area contributed by atoms with E-state index in [0.29, 0.717) is 5.69 Å². The van der Waals surface area contributed by atoms with E-state index < -0.39 is 39.2 Å². The molecule has 0 bridgehead atoms. The molecule has 1 atom stereocenters. The first-order valence-corrected chi connectivity index (χ1v) is 8.92. The van der Waals surface area contributed by atoms with Gasteiger partial charge in [0.05, 0.1) is 5.75 Å². The van der Waals surface area contributed by atoms with E-state index in [-0.39, 0.29) is 5.75 Å². The lowest BCUT2D eigenvalue weighted by molar-refractivity contribution is -0.507. The van der Waals surface area contributed by atoms with Gasteiger partial charge < -0.3 is 9.50 Å². The molecule has 9 heteroatoms. The fourth-order valence-corrected chi connectivity index (χ4v) is 3.00. The Bertz CT molecular complexity index is 824. The van der Waals surface area contributed by atoms with Crippen molar-refractivity contribution in [2.75, 3.05) is 11.1 Å². The molecular formula is C16H16N2O6S. The number of hydrogen-bond acceptors (Lipinski definition) is 6. The first-order chi connectivity index (χ1) is 11.9. The Morgan fingerprint density at radius 2 is 1.64 bits per heavy atom. The second-order valence-electron chi connectivity index (χ2n) is 5.10. The number of anilines is 1. The zero-order chi connectivity index (χ0) is 18.3. The van der Waals surface area contributed by atoms with Gasteiger partial charge in [0.25, 0.3) is 11.9 Å². The van der Waals surface area contributed by atoms with Crippen LogP contribution in [0.1, 0.15) is 6.42 Å². The molecule has 8 nitrogen and oxygen atoms in total. The highest BCUT2D eigenvalue weighted by Gasteiger charge is 2.32. The monoisotopic (exact) mass is 364 g/mol. The Balaban J connectivity index is 1.99. The first kappa shape index (κ1) is 18.4. The van der Waals surface area contributed by atoms with E-state index in [0.717, 1.165) is 0 Å². The van der Waals surface area contributed by atoms with Crippen molar-refractivity contribution >= 4 is 21.7 Å². The number of para-hydroxylation sites is 2. The van der Waals surface area contributed by atoms with Gasteiger partial charge in [-0.1, -0.05) is 36.4 Å². The van der Waals surface area contributed by atoms with Crippen LogP contribution < -0.4 is 9.50 Å². The Hall–Kier alpha value is -2.94. The average Bonchev–Trinajstić information content (AvgIpc) is 2.56. The SMILES string of the molecule is O=C(Nc1ccccc1)C(CCS(=O)(=O)Oc1ccccc1)[N+](=O)[O-]. The van der Waals surface area contributed by atoms with Crippen molar-refractivity contribution in [3.05, 3.63) is 70.8 Å². The number of nitrogens with one attached hydrogen (secondary N) is 1. The lowest BCUT2D eigenvalue weighted by atomic mass is 10.2. The number of rotatable bonds is 8. The van der Waals surface area contributed by atoms with Crippen LogP contribution in [0.15, 0.2) is 60.7 Å². The third-order valence-corrected chi connectivity index (χ3v) is 4.39. The lowest BCUT2D eigenvalue weighted by Crippen LogP contribution is -2.36. The second kappa shape index (κ2) is 8.25. The molecule has 1 N–H and O–H groups in total. The molecule has 0 aromatic heterocycles. The summed E-state index contributed by atoms with van der Waals surface area (Å²) in [6, 6.07) is 14.3. The van der Waals surface area contributed by atoms with Gasteiger partial charge in [0.15, 0.2) is 0 Å². The van der Waals surface area contributed by atoms with Crippen molar-refractivity contribution in [1.29, 1.82) is 0 Å². The summed E-state index contributed by atoms with van der Waals surface area (Å²) < 4.78 is 28.7. The van der Waals surface area contributed by atoms with Crippen molar-refractivity contribution in [3.8, 4) is 5.75 Å². The van der Waals surface area contributed by atoms with Gasteiger partial charge in [0.1, 0.15) is 5.75 Å². The summed E-state index contributed by atoms with van der Waals surface area (Å²) in [6.07, 6.45) is -0.499. The van der Waals surface area contributed by atoms with Crippen molar-refractivity contribution < 1.29 is 22.3 Å². The molecule has 0 aliphatic heterocycles. The highest BCUT2D eigenvalue weighted by Crippen LogP contribution is 2.14.